The van der Waals surface area contributed by atoms with Crippen LogP contribution in [-0.2, 0) is 16.0 Å². The SMILES string of the molecule is CCOC(=O)c1c(NC(=O)CSc2nnc3c(C)cc4cc(CC)ccc4n23)sc(C)c1C. The number of carbonyl (C=O) groups is 2. The van der Waals surface area contributed by atoms with E-state index in [1.807, 2.05) is 25.2 Å². The number of thioether (sulfide) groups is 1. The summed E-state index contributed by atoms with van der Waals surface area (Å²) in [5.74, 6) is -0.491. The summed E-state index contributed by atoms with van der Waals surface area (Å²) in [7, 11) is 0. The van der Waals surface area contributed by atoms with Gasteiger partial charge < -0.3 is 10.1 Å². The summed E-state index contributed by atoms with van der Waals surface area (Å²) in [6.07, 6.45) is 0.965. The van der Waals surface area contributed by atoms with Gasteiger partial charge in [0.15, 0.2) is 10.8 Å². The fourth-order valence-corrected chi connectivity index (χ4v) is 5.54. The fourth-order valence-electron chi connectivity index (χ4n) is 3.73. The minimum absolute atomic E-state index is 0.140. The van der Waals surface area contributed by atoms with Gasteiger partial charge in [-0.2, -0.15) is 0 Å². The van der Waals surface area contributed by atoms with Crippen molar-refractivity contribution in [3.8, 4) is 0 Å². The van der Waals surface area contributed by atoms with Crippen molar-refractivity contribution in [2.75, 3.05) is 17.7 Å². The molecule has 0 spiro atoms. The third kappa shape index (κ3) is 4.47. The van der Waals surface area contributed by atoms with Crippen LogP contribution in [0.3, 0.4) is 0 Å². The van der Waals surface area contributed by atoms with Crippen molar-refractivity contribution in [2.45, 2.75) is 46.2 Å². The van der Waals surface area contributed by atoms with Crippen LogP contribution in [0.1, 0.15) is 45.8 Å². The van der Waals surface area contributed by atoms with Crippen molar-refractivity contribution in [1.82, 2.24) is 14.6 Å². The van der Waals surface area contributed by atoms with Gasteiger partial charge in [0, 0.05) is 4.88 Å². The molecule has 0 atom stereocenters. The minimum atomic E-state index is -0.417. The molecule has 0 saturated carbocycles. The molecule has 172 valence electrons. The van der Waals surface area contributed by atoms with Crippen LogP contribution in [0.4, 0.5) is 5.00 Å². The van der Waals surface area contributed by atoms with E-state index in [4.69, 9.17) is 4.74 Å². The molecule has 1 amide bonds. The van der Waals surface area contributed by atoms with Gasteiger partial charge in [-0.15, -0.1) is 21.5 Å². The second-order valence-electron chi connectivity index (χ2n) is 7.76. The highest BCUT2D eigenvalue weighted by atomic mass is 32.2. The van der Waals surface area contributed by atoms with E-state index in [0.29, 0.717) is 15.7 Å². The molecule has 3 heterocycles. The largest absolute Gasteiger partial charge is 0.462 e. The Bertz CT molecular complexity index is 1370. The number of amides is 1. The lowest BCUT2D eigenvalue weighted by molar-refractivity contribution is -0.113. The standard InChI is InChI=1S/C24H26N4O3S2/c1-6-16-8-9-18-17(11-16)10-13(3)21-26-27-24(28(18)21)32-12-19(29)25-22-20(23(30)31-7-2)14(4)15(5)33-22/h8-11H,6-7,12H2,1-5H3,(H,25,29). The first kappa shape index (κ1) is 23.3. The molecule has 0 fully saturated rings. The van der Waals surface area contributed by atoms with Gasteiger partial charge in [0.2, 0.25) is 5.91 Å². The molecule has 0 saturated heterocycles. The van der Waals surface area contributed by atoms with Crippen LogP contribution < -0.4 is 5.32 Å². The zero-order chi connectivity index (χ0) is 23.7. The molecule has 0 aliphatic heterocycles. The van der Waals surface area contributed by atoms with Gasteiger partial charge in [-0.25, -0.2) is 4.79 Å². The summed E-state index contributed by atoms with van der Waals surface area (Å²) in [5, 5.41) is 13.9. The molecule has 4 aromatic rings. The van der Waals surface area contributed by atoms with Crippen molar-refractivity contribution in [1.29, 1.82) is 0 Å². The molecule has 1 N–H and O–H groups in total. The topological polar surface area (TPSA) is 85.6 Å². The molecular weight excluding hydrogens is 456 g/mol. The molecule has 0 aliphatic rings. The van der Waals surface area contributed by atoms with E-state index in [-0.39, 0.29) is 18.3 Å². The molecule has 3 aromatic heterocycles. The van der Waals surface area contributed by atoms with Gasteiger partial charge >= 0.3 is 5.97 Å². The maximum atomic E-state index is 12.8. The first-order valence-corrected chi connectivity index (χ1v) is 12.6. The Morgan fingerprint density at radius 1 is 1.15 bits per heavy atom. The number of carbonyl (C=O) groups excluding carboxylic acids is 2. The zero-order valence-corrected chi connectivity index (χ0v) is 20.9. The molecule has 9 heteroatoms. The average molecular weight is 483 g/mol. The summed E-state index contributed by atoms with van der Waals surface area (Å²) >= 11 is 2.70. The van der Waals surface area contributed by atoms with Crippen molar-refractivity contribution in [3.05, 3.63) is 51.4 Å². The highest BCUT2D eigenvalue weighted by Gasteiger charge is 2.22. The lowest BCUT2D eigenvalue weighted by Gasteiger charge is -2.09. The number of fused-ring (bicyclic) bond motifs is 3. The predicted octanol–water partition coefficient (Wildman–Crippen LogP) is 5.34. The van der Waals surface area contributed by atoms with Gasteiger partial charge in [-0.05, 0) is 74.4 Å². The maximum Gasteiger partial charge on any atom is 0.341 e. The Hall–Kier alpha value is -2.91. The number of pyridine rings is 1. The molecule has 0 aliphatic carbocycles. The summed E-state index contributed by atoms with van der Waals surface area (Å²) < 4.78 is 7.18. The molecule has 7 nitrogen and oxygen atoms in total. The van der Waals surface area contributed by atoms with Gasteiger partial charge in [-0.3, -0.25) is 9.20 Å². The monoisotopic (exact) mass is 482 g/mol. The van der Waals surface area contributed by atoms with E-state index in [1.165, 1.54) is 28.7 Å². The Kier molecular flexibility index (Phi) is 6.71. The van der Waals surface area contributed by atoms with Crippen molar-refractivity contribution in [2.24, 2.45) is 0 Å². The Labute approximate surface area is 200 Å². The minimum Gasteiger partial charge on any atom is -0.462 e. The summed E-state index contributed by atoms with van der Waals surface area (Å²) in [5.41, 5.74) is 5.35. The Morgan fingerprint density at radius 3 is 2.67 bits per heavy atom. The third-order valence-corrected chi connectivity index (χ3v) is 7.60. The zero-order valence-electron chi connectivity index (χ0n) is 19.3. The molecular formula is C24H26N4O3S2. The van der Waals surface area contributed by atoms with E-state index >= 15 is 0 Å². The van der Waals surface area contributed by atoms with Crippen LogP contribution in [0.15, 0.2) is 29.4 Å². The van der Waals surface area contributed by atoms with Crippen molar-refractivity contribution in [3.63, 3.8) is 0 Å². The molecule has 0 unspecified atom stereocenters. The maximum absolute atomic E-state index is 12.8. The Balaban J connectivity index is 1.58. The highest BCUT2D eigenvalue weighted by molar-refractivity contribution is 7.99. The number of nitrogens with zero attached hydrogens (tertiary/aromatic N) is 3. The lowest BCUT2D eigenvalue weighted by Crippen LogP contribution is -2.16. The number of hydrogen-bond donors (Lipinski definition) is 1. The first-order chi connectivity index (χ1) is 15.8. The molecule has 1 aromatic carbocycles. The van der Waals surface area contributed by atoms with E-state index in [0.717, 1.165) is 39.0 Å². The van der Waals surface area contributed by atoms with Crippen molar-refractivity contribution >= 4 is 56.5 Å². The van der Waals surface area contributed by atoms with Gasteiger partial charge in [0.1, 0.15) is 5.00 Å². The van der Waals surface area contributed by atoms with E-state index in [1.54, 1.807) is 6.92 Å². The molecule has 0 bridgehead atoms. The second-order valence-corrected chi connectivity index (χ2v) is 9.93. The normalized spacial score (nSPS) is 11.3. The van der Waals surface area contributed by atoms with Crippen LogP contribution in [0.25, 0.3) is 16.6 Å². The number of aromatic nitrogens is 3. The van der Waals surface area contributed by atoms with Crippen LogP contribution in [0.2, 0.25) is 0 Å². The first-order valence-electron chi connectivity index (χ1n) is 10.8. The van der Waals surface area contributed by atoms with Crippen LogP contribution in [-0.4, -0.2) is 38.8 Å². The van der Waals surface area contributed by atoms with E-state index in [9.17, 15) is 9.59 Å². The second kappa shape index (κ2) is 9.52. The third-order valence-electron chi connectivity index (χ3n) is 5.55. The predicted molar refractivity (Wildman–Crippen MR) is 134 cm³/mol. The van der Waals surface area contributed by atoms with Gasteiger partial charge in [0.25, 0.3) is 0 Å². The number of aryl methyl sites for hydroxylation is 3. The fraction of sp³-hybridized carbons (Fsp3) is 0.333. The number of anilines is 1. The summed E-state index contributed by atoms with van der Waals surface area (Å²) in [6.45, 7) is 9.98. The number of thiophene rings is 1. The van der Waals surface area contributed by atoms with Gasteiger partial charge in [0.05, 0.1) is 23.4 Å². The number of nitrogens with one attached hydrogen (secondary N) is 1. The van der Waals surface area contributed by atoms with Crippen molar-refractivity contribution < 1.29 is 14.3 Å². The Morgan fingerprint density at radius 2 is 1.94 bits per heavy atom. The van der Waals surface area contributed by atoms with Crippen LogP contribution in [0, 0.1) is 20.8 Å². The lowest BCUT2D eigenvalue weighted by atomic mass is 10.1. The smallest absolute Gasteiger partial charge is 0.341 e. The number of ether oxygens (including phenoxy) is 1. The highest BCUT2D eigenvalue weighted by Crippen LogP contribution is 2.33. The summed E-state index contributed by atoms with van der Waals surface area (Å²) in [4.78, 5) is 26.1. The van der Waals surface area contributed by atoms with E-state index in [2.05, 4.69) is 46.7 Å². The number of rotatable bonds is 7. The molecule has 0 radical (unpaired) electrons. The number of benzene rings is 1. The molecule has 33 heavy (non-hydrogen) atoms. The van der Waals surface area contributed by atoms with Gasteiger partial charge in [-0.1, -0.05) is 24.8 Å². The van der Waals surface area contributed by atoms with Crippen LogP contribution in [0.5, 0.6) is 0 Å². The van der Waals surface area contributed by atoms with E-state index < -0.39 is 5.97 Å². The van der Waals surface area contributed by atoms with Crippen LogP contribution >= 0.6 is 23.1 Å². The average Bonchev–Trinajstić information content (AvgIpc) is 3.33. The number of esters is 1. The quantitative estimate of drug-likeness (QED) is 0.283. The molecule has 4 rings (SSSR count). The summed E-state index contributed by atoms with van der Waals surface area (Å²) in [6, 6.07) is 8.49. The number of hydrogen-bond acceptors (Lipinski definition) is 7.